The summed E-state index contributed by atoms with van der Waals surface area (Å²) < 4.78 is 12.8. The molecule has 0 aromatic heterocycles. The lowest BCUT2D eigenvalue weighted by Gasteiger charge is -2.29. The molecule has 4 nitrogen and oxygen atoms in total. The number of aldehydes is 1. The first kappa shape index (κ1) is 13.7. The molecule has 0 bridgehead atoms. The second-order valence-electron chi connectivity index (χ2n) is 4.73. The van der Waals surface area contributed by atoms with E-state index in [2.05, 4.69) is 0 Å². The van der Waals surface area contributed by atoms with Crippen LogP contribution in [0.1, 0.15) is 18.4 Å². The molecule has 0 radical (unpaired) electrons. The van der Waals surface area contributed by atoms with Crippen molar-refractivity contribution in [3.8, 4) is 0 Å². The SMILES string of the molecule is O=CC(=O)ON1CCC(Cc2ccc(F)cc2)CC1. The molecule has 1 aromatic rings. The Balaban J connectivity index is 1.78. The lowest BCUT2D eigenvalue weighted by molar-refractivity contribution is -0.194. The molecule has 1 saturated heterocycles. The van der Waals surface area contributed by atoms with E-state index in [-0.39, 0.29) is 12.1 Å². The molecule has 0 spiro atoms. The Morgan fingerprint density at radius 1 is 1.32 bits per heavy atom. The van der Waals surface area contributed by atoms with Crippen LogP contribution in [0.5, 0.6) is 0 Å². The third-order valence-corrected chi connectivity index (χ3v) is 3.33. The Morgan fingerprint density at radius 2 is 1.95 bits per heavy atom. The van der Waals surface area contributed by atoms with Crippen molar-refractivity contribution in [1.29, 1.82) is 0 Å². The summed E-state index contributed by atoms with van der Waals surface area (Å²) in [6.45, 7) is 1.26. The molecule has 2 rings (SSSR count). The molecule has 1 aromatic carbocycles. The molecule has 0 amide bonds. The Kier molecular flexibility index (Phi) is 4.63. The Morgan fingerprint density at radius 3 is 2.53 bits per heavy atom. The highest BCUT2D eigenvalue weighted by molar-refractivity contribution is 6.20. The number of benzene rings is 1. The number of hydroxylamine groups is 2. The number of carbonyl (C=O) groups excluding carboxylic acids is 2. The fourth-order valence-electron chi connectivity index (χ4n) is 2.31. The van der Waals surface area contributed by atoms with E-state index in [9.17, 15) is 14.0 Å². The lowest BCUT2D eigenvalue weighted by Crippen LogP contribution is -2.36. The van der Waals surface area contributed by atoms with Crippen LogP contribution < -0.4 is 0 Å². The smallest absolute Gasteiger partial charge is 0.362 e. The third-order valence-electron chi connectivity index (χ3n) is 3.33. The van der Waals surface area contributed by atoms with Gasteiger partial charge in [-0.25, -0.2) is 9.18 Å². The number of rotatable bonds is 4. The highest BCUT2D eigenvalue weighted by atomic mass is 19.1. The molecule has 1 fully saturated rings. The quantitative estimate of drug-likeness (QED) is 0.614. The number of nitrogens with zero attached hydrogens (tertiary/aromatic N) is 1. The zero-order valence-corrected chi connectivity index (χ0v) is 10.5. The Labute approximate surface area is 111 Å². The fraction of sp³-hybridized carbons (Fsp3) is 0.429. The molecular weight excluding hydrogens is 249 g/mol. The molecule has 0 aliphatic carbocycles. The molecule has 1 aliphatic rings. The van der Waals surface area contributed by atoms with Crippen LogP contribution in [-0.4, -0.2) is 30.4 Å². The van der Waals surface area contributed by atoms with Gasteiger partial charge in [-0.15, -0.1) is 5.06 Å². The average Bonchev–Trinajstić information content (AvgIpc) is 2.43. The van der Waals surface area contributed by atoms with E-state index < -0.39 is 5.97 Å². The minimum Gasteiger partial charge on any atom is -0.362 e. The maximum atomic E-state index is 12.8. The minimum absolute atomic E-state index is 0.171. The van der Waals surface area contributed by atoms with Crippen molar-refractivity contribution >= 4 is 12.3 Å². The van der Waals surface area contributed by atoms with E-state index in [1.807, 2.05) is 0 Å². The first-order valence-corrected chi connectivity index (χ1v) is 6.34. The van der Waals surface area contributed by atoms with Crippen LogP contribution in [-0.2, 0) is 20.8 Å². The van der Waals surface area contributed by atoms with E-state index in [1.54, 1.807) is 12.1 Å². The highest BCUT2D eigenvalue weighted by Crippen LogP contribution is 2.21. The molecule has 1 aliphatic heterocycles. The van der Waals surface area contributed by atoms with Gasteiger partial charge in [0.2, 0.25) is 6.29 Å². The second kappa shape index (κ2) is 6.43. The van der Waals surface area contributed by atoms with Gasteiger partial charge in [0.05, 0.1) is 0 Å². The van der Waals surface area contributed by atoms with E-state index in [0.29, 0.717) is 19.0 Å². The van der Waals surface area contributed by atoms with Crippen molar-refractivity contribution in [2.75, 3.05) is 13.1 Å². The third kappa shape index (κ3) is 4.13. The Hall–Kier alpha value is -1.75. The zero-order chi connectivity index (χ0) is 13.7. The van der Waals surface area contributed by atoms with Crippen molar-refractivity contribution in [2.24, 2.45) is 5.92 Å². The van der Waals surface area contributed by atoms with E-state index >= 15 is 0 Å². The molecule has 0 saturated carbocycles. The summed E-state index contributed by atoms with van der Waals surface area (Å²) in [4.78, 5) is 25.8. The van der Waals surface area contributed by atoms with Crippen LogP contribution >= 0.6 is 0 Å². The topological polar surface area (TPSA) is 46.6 Å². The largest absolute Gasteiger partial charge is 0.390 e. The molecule has 1 heterocycles. The summed E-state index contributed by atoms with van der Waals surface area (Å²) in [5, 5.41) is 1.53. The second-order valence-corrected chi connectivity index (χ2v) is 4.73. The van der Waals surface area contributed by atoms with Crippen molar-refractivity contribution < 1.29 is 18.8 Å². The standard InChI is InChI=1S/C14H16FNO3/c15-13-3-1-11(2-4-13)9-12-5-7-16(8-6-12)19-14(18)10-17/h1-4,10,12H,5-9H2. The maximum absolute atomic E-state index is 12.8. The number of hydrogen-bond donors (Lipinski definition) is 0. The number of halogens is 1. The predicted octanol–water partition coefficient (Wildman–Crippen LogP) is 1.74. The molecule has 5 heteroatoms. The van der Waals surface area contributed by atoms with E-state index in [1.165, 1.54) is 17.2 Å². The van der Waals surface area contributed by atoms with Gasteiger partial charge in [0.15, 0.2) is 0 Å². The van der Waals surface area contributed by atoms with Crippen LogP contribution in [0.3, 0.4) is 0 Å². The van der Waals surface area contributed by atoms with Gasteiger partial charge < -0.3 is 4.84 Å². The van der Waals surface area contributed by atoms with E-state index in [0.717, 1.165) is 24.8 Å². The molecule has 0 unspecified atom stereocenters. The van der Waals surface area contributed by atoms with Crippen molar-refractivity contribution in [2.45, 2.75) is 19.3 Å². The zero-order valence-electron chi connectivity index (χ0n) is 10.5. The van der Waals surface area contributed by atoms with Crippen LogP contribution in [0.4, 0.5) is 4.39 Å². The summed E-state index contributed by atoms with van der Waals surface area (Å²) in [5.41, 5.74) is 1.12. The van der Waals surface area contributed by atoms with Crippen molar-refractivity contribution in [3.05, 3.63) is 35.6 Å². The first-order chi connectivity index (χ1) is 9.17. The van der Waals surface area contributed by atoms with Crippen molar-refractivity contribution in [1.82, 2.24) is 5.06 Å². The minimum atomic E-state index is -0.850. The van der Waals surface area contributed by atoms with Crippen LogP contribution in [0.25, 0.3) is 0 Å². The van der Waals surface area contributed by atoms with Gasteiger partial charge in [0.25, 0.3) is 0 Å². The molecular formula is C14H16FNO3. The summed E-state index contributed by atoms with van der Waals surface area (Å²) in [5.74, 6) is -0.576. The summed E-state index contributed by atoms with van der Waals surface area (Å²) in [6, 6.07) is 6.54. The van der Waals surface area contributed by atoms with E-state index in [4.69, 9.17) is 4.84 Å². The van der Waals surface area contributed by atoms with Crippen LogP contribution in [0, 0.1) is 11.7 Å². The van der Waals surface area contributed by atoms with Crippen molar-refractivity contribution in [3.63, 3.8) is 0 Å². The average molecular weight is 265 g/mol. The summed E-state index contributed by atoms with van der Waals surface area (Å²) in [7, 11) is 0. The van der Waals surface area contributed by atoms with Gasteiger partial charge in [0, 0.05) is 13.1 Å². The van der Waals surface area contributed by atoms with Gasteiger partial charge in [-0.1, -0.05) is 12.1 Å². The number of piperidine rings is 1. The summed E-state index contributed by atoms with van der Waals surface area (Å²) >= 11 is 0. The van der Waals surface area contributed by atoms with Gasteiger partial charge in [-0.2, -0.15) is 0 Å². The van der Waals surface area contributed by atoms with Gasteiger partial charge >= 0.3 is 5.97 Å². The van der Waals surface area contributed by atoms with Gasteiger partial charge in [-0.05, 0) is 42.9 Å². The molecule has 102 valence electrons. The lowest BCUT2D eigenvalue weighted by atomic mass is 9.91. The predicted molar refractivity (Wildman–Crippen MR) is 66.6 cm³/mol. The first-order valence-electron chi connectivity index (χ1n) is 6.34. The van der Waals surface area contributed by atoms with Crippen LogP contribution in [0.15, 0.2) is 24.3 Å². The maximum Gasteiger partial charge on any atom is 0.390 e. The van der Waals surface area contributed by atoms with Gasteiger partial charge in [-0.3, -0.25) is 4.79 Å². The molecule has 19 heavy (non-hydrogen) atoms. The molecule has 0 atom stereocenters. The normalized spacial score (nSPS) is 17.1. The highest BCUT2D eigenvalue weighted by Gasteiger charge is 2.21. The van der Waals surface area contributed by atoms with Gasteiger partial charge in [0.1, 0.15) is 5.82 Å². The molecule has 0 N–H and O–H groups in total. The monoisotopic (exact) mass is 265 g/mol. The number of carbonyl (C=O) groups is 2. The fourth-order valence-corrected chi connectivity index (χ4v) is 2.31. The Bertz CT molecular complexity index is 439. The summed E-state index contributed by atoms with van der Waals surface area (Å²) in [6.07, 6.45) is 2.85. The van der Waals surface area contributed by atoms with Crippen LogP contribution in [0.2, 0.25) is 0 Å². The number of hydrogen-bond acceptors (Lipinski definition) is 4.